The van der Waals surface area contributed by atoms with E-state index < -0.39 is 0 Å². The summed E-state index contributed by atoms with van der Waals surface area (Å²) in [7, 11) is 0. The lowest BCUT2D eigenvalue weighted by Gasteiger charge is -2.16. The van der Waals surface area contributed by atoms with E-state index >= 15 is 0 Å². The first-order valence-electron chi connectivity index (χ1n) is 3.53. The highest BCUT2D eigenvalue weighted by atomic mass is 32.1. The Labute approximate surface area is 65.5 Å². The average Bonchev–Trinajstić information content (AvgIpc) is 2.43. The molecule has 0 saturated carbocycles. The van der Waals surface area contributed by atoms with E-state index in [2.05, 4.69) is 23.7 Å². The van der Waals surface area contributed by atoms with Gasteiger partial charge in [0.15, 0.2) is 5.13 Å². The molecule has 10 heavy (non-hydrogen) atoms. The van der Waals surface area contributed by atoms with E-state index in [0.717, 1.165) is 18.2 Å². The molecule has 0 N–H and O–H groups in total. The molecule has 0 aromatic carbocycles. The van der Waals surface area contributed by atoms with E-state index in [1.165, 1.54) is 0 Å². The minimum atomic E-state index is 1.05. The van der Waals surface area contributed by atoms with Crippen LogP contribution in [0.4, 0.5) is 5.13 Å². The second kappa shape index (κ2) is 3.56. The van der Waals surface area contributed by atoms with Crippen LogP contribution in [0.5, 0.6) is 0 Å². The fraction of sp³-hybridized carbons (Fsp3) is 0.571. The lowest BCUT2D eigenvalue weighted by Crippen LogP contribution is -2.21. The van der Waals surface area contributed by atoms with E-state index in [1.54, 1.807) is 11.3 Å². The van der Waals surface area contributed by atoms with Gasteiger partial charge in [0.25, 0.3) is 0 Å². The van der Waals surface area contributed by atoms with Crippen molar-refractivity contribution >= 4 is 16.5 Å². The van der Waals surface area contributed by atoms with Gasteiger partial charge in [-0.15, -0.1) is 11.3 Å². The third-order valence-electron chi connectivity index (χ3n) is 1.45. The van der Waals surface area contributed by atoms with Crippen molar-refractivity contribution < 1.29 is 0 Å². The molecule has 0 aliphatic heterocycles. The zero-order chi connectivity index (χ0) is 7.40. The first-order chi connectivity index (χ1) is 4.88. The van der Waals surface area contributed by atoms with Gasteiger partial charge < -0.3 is 4.90 Å². The molecule has 0 fully saturated rings. The molecule has 1 heterocycles. The summed E-state index contributed by atoms with van der Waals surface area (Å²) in [5.41, 5.74) is 0. The van der Waals surface area contributed by atoms with Crippen molar-refractivity contribution in [3.05, 3.63) is 11.6 Å². The molecule has 0 aliphatic carbocycles. The maximum absolute atomic E-state index is 4.20. The van der Waals surface area contributed by atoms with Crippen LogP contribution >= 0.6 is 11.3 Å². The summed E-state index contributed by atoms with van der Waals surface area (Å²) in [5, 5.41) is 3.14. The van der Waals surface area contributed by atoms with Crippen molar-refractivity contribution in [2.24, 2.45) is 0 Å². The first kappa shape index (κ1) is 7.54. The predicted molar refractivity (Wildman–Crippen MR) is 45.7 cm³/mol. The lowest BCUT2D eigenvalue weighted by molar-refractivity contribution is 0.860. The van der Waals surface area contributed by atoms with Crippen LogP contribution in [0.3, 0.4) is 0 Å². The Bertz CT molecular complexity index is 168. The molecule has 3 heteroatoms. The van der Waals surface area contributed by atoms with Gasteiger partial charge in [0, 0.05) is 24.7 Å². The zero-order valence-electron chi connectivity index (χ0n) is 6.37. The Morgan fingerprint density at radius 3 is 2.60 bits per heavy atom. The number of nitrogens with zero attached hydrogens (tertiary/aromatic N) is 2. The number of hydrogen-bond acceptors (Lipinski definition) is 3. The molecule has 0 saturated heterocycles. The van der Waals surface area contributed by atoms with Gasteiger partial charge in [0.05, 0.1) is 0 Å². The normalized spacial score (nSPS) is 9.80. The van der Waals surface area contributed by atoms with E-state index in [-0.39, 0.29) is 0 Å². The topological polar surface area (TPSA) is 16.1 Å². The van der Waals surface area contributed by atoms with Crippen LogP contribution in [-0.4, -0.2) is 18.1 Å². The standard InChI is InChI=1S/C7H12N2S/c1-3-9(4-2)7-8-5-6-10-7/h5-6H,3-4H2,1-2H3. The summed E-state index contributed by atoms with van der Waals surface area (Å²) in [6, 6.07) is 0. The van der Waals surface area contributed by atoms with Crippen molar-refractivity contribution in [2.45, 2.75) is 13.8 Å². The number of rotatable bonds is 3. The van der Waals surface area contributed by atoms with Crippen LogP contribution in [0.15, 0.2) is 11.6 Å². The first-order valence-corrected chi connectivity index (χ1v) is 4.40. The number of hydrogen-bond donors (Lipinski definition) is 0. The second-order valence-corrected chi connectivity index (χ2v) is 2.86. The third-order valence-corrected chi connectivity index (χ3v) is 2.29. The van der Waals surface area contributed by atoms with Crippen LogP contribution < -0.4 is 4.90 Å². The molecule has 0 atom stereocenters. The van der Waals surface area contributed by atoms with E-state index in [1.807, 2.05) is 11.6 Å². The van der Waals surface area contributed by atoms with Crippen LogP contribution in [0.2, 0.25) is 0 Å². The molecular formula is C7H12N2S. The molecule has 0 amide bonds. The quantitative estimate of drug-likeness (QED) is 0.665. The molecule has 1 aromatic rings. The lowest BCUT2D eigenvalue weighted by atomic mass is 10.6. The minimum absolute atomic E-state index is 1.05. The van der Waals surface area contributed by atoms with Crippen molar-refractivity contribution in [3.63, 3.8) is 0 Å². The molecule has 0 unspecified atom stereocenters. The third kappa shape index (κ3) is 1.48. The maximum Gasteiger partial charge on any atom is 0.185 e. The monoisotopic (exact) mass is 156 g/mol. The molecular weight excluding hydrogens is 144 g/mol. The van der Waals surface area contributed by atoms with Crippen LogP contribution in [0.1, 0.15) is 13.8 Å². The van der Waals surface area contributed by atoms with Gasteiger partial charge in [-0.2, -0.15) is 0 Å². The van der Waals surface area contributed by atoms with Crippen molar-refractivity contribution in [1.82, 2.24) is 4.98 Å². The highest BCUT2D eigenvalue weighted by molar-refractivity contribution is 7.13. The molecule has 1 aromatic heterocycles. The van der Waals surface area contributed by atoms with Crippen molar-refractivity contribution in [1.29, 1.82) is 0 Å². The Hall–Kier alpha value is -0.570. The highest BCUT2D eigenvalue weighted by Gasteiger charge is 2.01. The van der Waals surface area contributed by atoms with Gasteiger partial charge in [-0.3, -0.25) is 0 Å². The van der Waals surface area contributed by atoms with Gasteiger partial charge in [-0.05, 0) is 13.8 Å². The molecule has 0 spiro atoms. The zero-order valence-corrected chi connectivity index (χ0v) is 7.19. The largest absolute Gasteiger partial charge is 0.349 e. The van der Waals surface area contributed by atoms with Gasteiger partial charge in [-0.1, -0.05) is 0 Å². The average molecular weight is 156 g/mol. The van der Waals surface area contributed by atoms with E-state index in [0.29, 0.717) is 0 Å². The Kier molecular flexibility index (Phi) is 2.68. The Balaban J connectivity index is 2.64. The summed E-state index contributed by atoms with van der Waals surface area (Å²) in [4.78, 5) is 6.44. The number of aromatic nitrogens is 1. The fourth-order valence-corrected chi connectivity index (χ4v) is 1.64. The van der Waals surface area contributed by atoms with Crippen LogP contribution in [-0.2, 0) is 0 Å². The van der Waals surface area contributed by atoms with Crippen molar-refractivity contribution in [2.75, 3.05) is 18.0 Å². The summed E-state index contributed by atoms with van der Waals surface area (Å²) in [5.74, 6) is 0. The molecule has 2 nitrogen and oxygen atoms in total. The number of anilines is 1. The summed E-state index contributed by atoms with van der Waals surface area (Å²) < 4.78 is 0. The van der Waals surface area contributed by atoms with Crippen molar-refractivity contribution in [3.8, 4) is 0 Å². The minimum Gasteiger partial charge on any atom is -0.349 e. The van der Waals surface area contributed by atoms with Gasteiger partial charge in [0.1, 0.15) is 0 Å². The molecule has 56 valence electrons. The molecule has 0 bridgehead atoms. The highest BCUT2D eigenvalue weighted by Crippen LogP contribution is 2.15. The van der Waals surface area contributed by atoms with Gasteiger partial charge in [-0.25, -0.2) is 4.98 Å². The second-order valence-electron chi connectivity index (χ2n) is 1.99. The molecule has 0 radical (unpaired) electrons. The summed E-state index contributed by atoms with van der Waals surface area (Å²) in [6.07, 6.45) is 1.85. The maximum atomic E-state index is 4.20. The van der Waals surface area contributed by atoms with Crippen LogP contribution in [0, 0.1) is 0 Å². The predicted octanol–water partition coefficient (Wildman–Crippen LogP) is 1.99. The fourth-order valence-electron chi connectivity index (χ4n) is 0.866. The SMILES string of the molecule is CCN(CC)c1nccs1. The molecule has 1 rings (SSSR count). The van der Waals surface area contributed by atoms with E-state index in [4.69, 9.17) is 0 Å². The molecule has 0 aliphatic rings. The summed E-state index contributed by atoms with van der Waals surface area (Å²) >= 11 is 1.69. The smallest absolute Gasteiger partial charge is 0.185 e. The Morgan fingerprint density at radius 2 is 2.20 bits per heavy atom. The van der Waals surface area contributed by atoms with Crippen LogP contribution in [0.25, 0.3) is 0 Å². The number of thiazole rings is 1. The summed E-state index contributed by atoms with van der Waals surface area (Å²) in [6.45, 7) is 6.38. The van der Waals surface area contributed by atoms with Gasteiger partial charge in [0.2, 0.25) is 0 Å². The van der Waals surface area contributed by atoms with Gasteiger partial charge >= 0.3 is 0 Å². The Morgan fingerprint density at radius 1 is 1.50 bits per heavy atom. The van der Waals surface area contributed by atoms with E-state index in [9.17, 15) is 0 Å².